The normalized spacial score (nSPS) is 17.6. The SMILES string of the molecule is Cc1cc(C)cc(CN(C(=O)C2CNCCC2NC(=O)c2ccc(OCCOc3c(Cl)cc(C)cc3Cl)cc2F)C2CC2)c1.Cl. The van der Waals surface area contributed by atoms with Gasteiger partial charge in [-0.15, -0.1) is 12.4 Å². The summed E-state index contributed by atoms with van der Waals surface area (Å²) in [5.41, 5.74) is 4.24. The van der Waals surface area contributed by atoms with Gasteiger partial charge in [-0.2, -0.15) is 0 Å². The highest BCUT2D eigenvalue weighted by atomic mass is 35.5. The number of hydrogen-bond donors (Lipinski definition) is 2. The van der Waals surface area contributed by atoms with E-state index in [0.717, 1.165) is 35.1 Å². The van der Waals surface area contributed by atoms with Gasteiger partial charge in [0.2, 0.25) is 5.91 Å². The van der Waals surface area contributed by atoms with Gasteiger partial charge < -0.3 is 25.0 Å². The fraction of sp³-hybridized carbons (Fsp3) is 0.412. The lowest BCUT2D eigenvalue weighted by Gasteiger charge is -2.36. The first-order chi connectivity index (χ1) is 21.1. The Morgan fingerprint density at radius 1 is 0.933 bits per heavy atom. The van der Waals surface area contributed by atoms with E-state index in [2.05, 4.69) is 42.7 Å². The fourth-order valence-electron chi connectivity index (χ4n) is 5.78. The van der Waals surface area contributed by atoms with Crippen LogP contribution in [0.3, 0.4) is 0 Å². The maximum Gasteiger partial charge on any atom is 0.254 e. The highest BCUT2D eigenvalue weighted by Crippen LogP contribution is 2.34. The molecule has 3 aromatic carbocycles. The van der Waals surface area contributed by atoms with E-state index in [1.165, 1.54) is 18.2 Å². The van der Waals surface area contributed by atoms with E-state index in [-0.39, 0.29) is 48.9 Å². The number of carbonyl (C=O) groups excluding carboxylic acids is 2. The summed E-state index contributed by atoms with van der Waals surface area (Å²) in [7, 11) is 0. The van der Waals surface area contributed by atoms with Crippen molar-refractivity contribution in [3.63, 3.8) is 0 Å². The van der Waals surface area contributed by atoms with Crippen molar-refractivity contribution in [3.05, 3.63) is 92.2 Å². The first-order valence-electron chi connectivity index (χ1n) is 15.0. The minimum atomic E-state index is -0.711. The van der Waals surface area contributed by atoms with Crippen molar-refractivity contribution in [2.45, 2.75) is 58.7 Å². The number of halogens is 4. The van der Waals surface area contributed by atoms with Crippen molar-refractivity contribution in [1.82, 2.24) is 15.5 Å². The van der Waals surface area contributed by atoms with E-state index in [4.69, 9.17) is 32.7 Å². The lowest BCUT2D eigenvalue weighted by molar-refractivity contribution is -0.138. The molecule has 0 bridgehead atoms. The summed E-state index contributed by atoms with van der Waals surface area (Å²) in [6.07, 6.45) is 2.53. The third kappa shape index (κ3) is 9.03. The van der Waals surface area contributed by atoms with Gasteiger partial charge >= 0.3 is 0 Å². The molecule has 5 rings (SSSR count). The number of aryl methyl sites for hydroxylation is 3. The highest BCUT2D eigenvalue weighted by Gasteiger charge is 2.40. The summed E-state index contributed by atoms with van der Waals surface area (Å²) in [5.74, 6) is -1.08. The van der Waals surface area contributed by atoms with Crippen LogP contribution in [0.15, 0.2) is 48.5 Å². The van der Waals surface area contributed by atoms with Crippen LogP contribution < -0.4 is 20.1 Å². The standard InChI is InChI=1S/C34H38Cl2FN3O4.ClH/c1-20-12-21(2)14-23(13-20)19-40(24-4-5-24)34(42)27-18-38-9-8-31(27)39-33(41)26-7-6-25(17-30(26)37)43-10-11-44-32-28(35)15-22(3)16-29(32)36;/h6-7,12-17,24,27,31,38H,4-5,8-11,18-19H2,1-3H3,(H,39,41);1H. The molecule has 0 radical (unpaired) electrons. The Bertz CT molecular complexity index is 1490. The zero-order chi connectivity index (χ0) is 31.4. The Morgan fingerprint density at radius 3 is 2.22 bits per heavy atom. The molecule has 242 valence electrons. The molecule has 1 saturated heterocycles. The molecule has 1 aliphatic carbocycles. The second kappa shape index (κ2) is 15.5. The third-order valence-electron chi connectivity index (χ3n) is 7.95. The molecule has 2 atom stereocenters. The van der Waals surface area contributed by atoms with Crippen LogP contribution in [0.2, 0.25) is 10.0 Å². The maximum atomic E-state index is 15.1. The molecule has 2 N–H and O–H groups in total. The number of amides is 2. The Morgan fingerprint density at radius 2 is 1.58 bits per heavy atom. The third-order valence-corrected chi connectivity index (χ3v) is 8.51. The number of rotatable bonds is 11. The number of nitrogens with zero attached hydrogens (tertiary/aromatic N) is 1. The molecule has 45 heavy (non-hydrogen) atoms. The van der Waals surface area contributed by atoms with E-state index < -0.39 is 23.7 Å². The summed E-state index contributed by atoms with van der Waals surface area (Å²) in [4.78, 5) is 29.1. The van der Waals surface area contributed by atoms with E-state index in [1.807, 2.05) is 11.8 Å². The number of hydrogen-bond acceptors (Lipinski definition) is 5. The van der Waals surface area contributed by atoms with Crippen molar-refractivity contribution in [2.24, 2.45) is 5.92 Å². The molecule has 2 amide bonds. The second-order valence-corrected chi connectivity index (χ2v) is 12.6. The molecule has 0 aromatic heterocycles. The van der Waals surface area contributed by atoms with Crippen LogP contribution in [0.5, 0.6) is 11.5 Å². The van der Waals surface area contributed by atoms with Crippen molar-refractivity contribution >= 4 is 47.4 Å². The minimum absolute atomic E-state index is 0. The van der Waals surface area contributed by atoms with E-state index in [9.17, 15) is 9.59 Å². The Kier molecular flexibility index (Phi) is 12.0. The molecule has 1 aliphatic heterocycles. The minimum Gasteiger partial charge on any atom is -0.490 e. The number of nitrogens with one attached hydrogen (secondary N) is 2. The Labute approximate surface area is 280 Å². The van der Waals surface area contributed by atoms with Gasteiger partial charge in [-0.05, 0) is 82.0 Å². The second-order valence-electron chi connectivity index (χ2n) is 11.8. The zero-order valence-electron chi connectivity index (χ0n) is 25.6. The van der Waals surface area contributed by atoms with Crippen molar-refractivity contribution in [1.29, 1.82) is 0 Å². The number of piperidine rings is 1. The van der Waals surface area contributed by atoms with Crippen LogP contribution in [0.1, 0.15) is 51.9 Å². The largest absolute Gasteiger partial charge is 0.490 e. The monoisotopic (exact) mass is 677 g/mol. The average Bonchev–Trinajstić information content (AvgIpc) is 3.80. The molecule has 2 aliphatic rings. The van der Waals surface area contributed by atoms with Crippen molar-refractivity contribution < 1.29 is 23.5 Å². The maximum absolute atomic E-state index is 15.1. The first-order valence-corrected chi connectivity index (χ1v) is 15.7. The van der Waals surface area contributed by atoms with Crippen LogP contribution >= 0.6 is 35.6 Å². The molecule has 2 unspecified atom stereocenters. The zero-order valence-corrected chi connectivity index (χ0v) is 28.0. The Hall–Kier alpha value is -3.04. The van der Waals surface area contributed by atoms with Crippen molar-refractivity contribution in [3.8, 4) is 11.5 Å². The van der Waals surface area contributed by atoms with Gasteiger partial charge in [-0.25, -0.2) is 4.39 Å². The van der Waals surface area contributed by atoms with Crippen LogP contribution in [0.4, 0.5) is 4.39 Å². The smallest absolute Gasteiger partial charge is 0.254 e. The van der Waals surface area contributed by atoms with Gasteiger partial charge in [0.1, 0.15) is 24.8 Å². The van der Waals surface area contributed by atoms with Gasteiger partial charge in [0.05, 0.1) is 21.5 Å². The summed E-state index contributed by atoms with van der Waals surface area (Å²) in [6.45, 7) is 7.90. The topological polar surface area (TPSA) is 79.9 Å². The van der Waals surface area contributed by atoms with Gasteiger partial charge in [0.25, 0.3) is 5.91 Å². The van der Waals surface area contributed by atoms with E-state index in [0.29, 0.717) is 41.8 Å². The van der Waals surface area contributed by atoms with Gasteiger partial charge in [0, 0.05) is 31.2 Å². The molecule has 1 heterocycles. The summed E-state index contributed by atoms with van der Waals surface area (Å²) in [5, 5.41) is 7.06. The summed E-state index contributed by atoms with van der Waals surface area (Å²) in [6, 6.07) is 13.8. The van der Waals surface area contributed by atoms with Gasteiger partial charge in [-0.3, -0.25) is 9.59 Å². The quantitative estimate of drug-likeness (QED) is 0.217. The van der Waals surface area contributed by atoms with E-state index in [1.54, 1.807) is 12.1 Å². The predicted octanol–water partition coefficient (Wildman–Crippen LogP) is 6.84. The lowest BCUT2D eigenvalue weighted by atomic mass is 9.91. The molecule has 2 fully saturated rings. The van der Waals surface area contributed by atoms with Crippen LogP contribution in [0, 0.1) is 32.5 Å². The van der Waals surface area contributed by atoms with Gasteiger partial charge in [-0.1, -0.05) is 52.5 Å². The summed E-state index contributed by atoms with van der Waals surface area (Å²) < 4.78 is 26.4. The molecule has 11 heteroatoms. The van der Waals surface area contributed by atoms with Crippen LogP contribution in [-0.2, 0) is 11.3 Å². The first kappa shape index (κ1) is 34.8. The lowest BCUT2D eigenvalue weighted by Crippen LogP contribution is -2.55. The molecule has 1 saturated carbocycles. The average molecular weight is 679 g/mol. The molecular formula is C34H39Cl3FN3O4. The van der Waals surface area contributed by atoms with E-state index >= 15 is 4.39 Å². The highest BCUT2D eigenvalue weighted by molar-refractivity contribution is 6.37. The molecule has 3 aromatic rings. The summed E-state index contributed by atoms with van der Waals surface area (Å²) >= 11 is 12.4. The van der Waals surface area contributed by atoms with Crippen molar-refractivity contribution in [2.75, 3.05) is 26.3 Å². The fourth-order valence-corrected chi connectivity index (χ4v) is 6.48. The molecule has 0 spiro atoms. The van der Waals surface area contributed by atoms with Gasteiger partial charge in [0.15, 0.2) is 5.75 Å². The Balaban J connectivity index is 0.00000461. The van der Waals surface area contributed by atoms with Crippen LogP contribution in [0.25, 0.3) is 0 Å². The molecular weight excluding hydrogens is 640 g/mol. The number of ether oxygens (including phenoxy) is 2. The number of benzene rings is 3. The molecule has 7 nitrogen and oxygen atoms in total. The predicted molar refractivity (Wildman–Crippen MR) is 178 cm³/mol. The van der Waals surface area contributed by atoms with Crippen LogP contribution in [-0.4, -0.2) is 55.1 Å². The number of carbonyl (C=O) groups is 2.